The fourth-order valence-corrected chi connectivity index (χ4v) is 5.04. The highest BCUT2D eigenvalue weighted by Gasteiger charge is 2.43. The van der Waals surface area contributed by atoms with E-state index in [2.05, 4.69) is 19.1 Å². The van der Waals surface area contributed by atoms with Crippen LogP contribution in [0.2, 0.25) is 0 Å². The molecule has 1 aliphatic carbocycles. The predicted molar refractivity (Wildman–Crippen MR) is 95.1 cm³/mol. The number of aryl methyl sites for hydroxylation is 2. The average Bonchev–Trinajstić information content (AvgIpc) is 3.12. The Labute approximate surface area is 148 Å². The molecule has 0 radical (unpaired) electrons. The Morgan fingerprint density at radius 2 is 2.17 bits per heavy atom. The molecule has 1 saturated heterocycles. The van der Waals surface area contributed by atoms with Crippen molar-refractivity contribution in [1.82, 2.24) is 0 Å². The van der Waals surface area contributed by atoms with Gasteiger partial charge in [-0.2, -0.15) is 0 Å². The van der Waals surface area contributed by atoms with Gasteiger partial charge in [0.15, 0.2) is 6.29 Å². The molecule has 1 aromatic rings. The van der Waals surface area contributed by atoms with Crippen LogP contribution in [-0.4, -0.2) is 41.9 Å². The third-order valence-electron chi connectivity index (χ3n) is 5.43. The molecule has 0 spiro atoms. The third kappa shape index (κ3) is 4.58. The molecule has 24 heavy (non-hydrogen) atoms. The monoisotopic (exact) mass is 354 g/mol. The van der Waals surface area contributed by atoms with Gasteiger partial charge in [-0.3, -0.25) is 0 Å². The second kappa shape index (κ2) is 8.77. The third-order valence-corrected chi connectivity index (χ3v) is 6.49. The molecule has 136 valence electrons. The van der Waals surface area contributed by atoms with Crippen LogP contribution in [0.15, 0.2) is 12.1 Å². The Balaban J connectivity index is 1.50. The zero-order valence-electron chi connectivity index (χ0n) is 14.5. The van der Waals surface area contributed by atoms with E-state index >= 15 is 0 Å². The van der Waals surface area contributed by atoms with E-state index in [1.807, 2.05) is 11.3 Å². The Kier molecular flexibility index (Phi) is 6.70. The molecule has 2 heterocycles. The summed E-state index contributed by atoms with van der Waals surface area (Å²) in [5.74, 6) is 0.153. The zero-order chi connectivity index (χ0) is 16.9. The molecule has 5 heteroatoms. The molecular weight excluding hydrogens is 324 g/mol. The van der Waals surface area contributed by atoms with Crippen LogP contribution >= 0.6 is 11.3 Å². The first-order valence-corrected chi connectivity index (χ1v) is 10.1. The predicted octanol–water partition coefficient (Wildman–Crippen LogP) is 3.28. The van der Waals surface area contributed by atoms with E-state index < -0.39 is 0 Å². The number of rotatable bonds is 7. The molecule has 1 aliphatic heterocycles. The summed E-state index contributed by atoms with van der Waals surface area (Å²) in [6.45, 7) is 2.97. The Morgan fingerprint density at radius 3 is 2.83 bits per heavy atom. The quantitative estimate of drug-likeness (QED) is 0.789. The van der Waals surface area contributed by atoms with Gasteiger partial charge in [0, 0.05) is 35.3 Å². The van der Waals surface area contributed by atoms with E-state index in [-0.39, 0.29) is 36.9 Å². The Bertz CT molecular complexity index is 497. The normalized spacial score (nSPS) is 33.9. The summed E-state index contributed by atoms with van der Waals surface area (Å²) >= 11 is 1.85. The molecule has 2 aliphatic rings. The zero-order valence-corrected chi connectivity index (χ0v) is 15.3. The van der Waals surface area contributed by atoms with Crippen LogP contribution in [0.3, 0.4) is 0 Å². The number of aliphatic hydroxyl groups excluding tert-OH is 2. The lowest BCUT2D eigenvalue weighted by atomic mass is 9.89. The van der Waals surface area contributed by atoms with Crippen molar-refractivity contribution >= 4 is 11.3 Å². The van der Waals surface area contributed by atoms with Gasteiger partial charge in [0.25, 0.3) is 0 Å². The minimum absolute atomic E-state index is 0.0237. The van der Waals surface area contributed by atoms with Gasteiger partial charge in [0.2, 0.25) is 0 Å². The van der Waals surface area contributed by atoms with Gasteiger partial charge in [0.05, 0.1) is 12.2 Å². The molecule has 0 bridgehead atoms. The van der Waals surface area contributed by atoms with Gasteiger partial charge in [-0.25, -0.2) is 0 Å². The van der Waals surface area contributed by atoms with Crippen molar-refractivity contribution in [2.45, 2.75) is 70.4 Å². The fourth-order valence-electron chi connectivity index (χ4n) is 4.11. The smallest absolute Gasteiger partial charge is 0.157 e. The van der Waals surface area contributed by atoms with Crippen molar-refractivity contribution in [3.05, 3.63) is 21.9 Å². The van der Waals surface area contributed by atoms with E-state index in [9.17, 15) is 10.2 Å². The number of hydrogen-bond acceptors (Lipinski definition) is 5. The summed E-state index contributed by atoms with van der Waals surface area (Å²) in [6, 6.07) is 4.36. The maximum Gasteiger partial charge on any atom is 0.157 e. The van der Waals surface area contributed by atoms with Gasteiger partial charge in [-0.1, -0.05) is 0 Å². The first kappa shape index (κ1) is 18.3. The van der Waals surface area contributed by atoms with Crippen LogP contribution in [0.25, 0.3) is 0 Å². The summed E-state index contributed by atoms with van der Waals surface area (Å²) in [6.07, 6.45) is 6.20. The number of aliphatic hydroxyl groups is 2. The first-order valence-electron chi connectivity index (χ1n) is 9.28. The Morgan fingerprint density at radius 1 is 1.29 bits per heavy atom. The van der Waals surface area contributed by atoms with Crippen molar-refractivity contribution < 1.29 is 19.7 Å². The Hall–Kier alpha value is -0.460. The SMILES string of the molecule is Cc1ccc(CCC[C@@H]2[C@@H](CO)[C@H](OC3CCCCO3)C[C@@H]2O)s1. The molecule has 1 unspecified atom stereocenters. The molecule has 3 rings (SSSR count). The van der Waals surface area contributed by atoms with Crippen molar-refractivity contribution in [2.24, 2.45) is 11.8 Å². The minimum atomic E-state index is -0.374. The van der Waals surface area contributed by atoms with Crippen LogP contribution in [0, 0.1) is 18.8 Å². The van der Waals surface area contributed by atoms with Crippen LogP contribution in [-0.2, 0) is 15.9 Å². The molecule has 1 aromatic heterocycles. The molecule has 1 saturated carbocycles. The highest BCUT2D eigenvalue weighted by Crippen LogP contribution is 2.39. The summed E-state index contributed by atoms with van der Waals surface area (Å²) in [5, 5.41) is 20.3. The lowest BCUT2D eigenvalue weighted by molar-refractivity contribution is -0.198. The maximum absolute atomic E-state index is 10.5. The minimum Gasteiger partial charge on any atom is -0.396 e. The highest BCUT2D eigenvalue weighted by atomic mass is 32.1. The van der Waals surface area contributed by atoms with E-state index in [0.717, 1.165) is 45.1 Å². The first-order chi connectivity index (χ1) is 11.7. The van der Waals surface area contributed by atoms with Gasteiger partial charge in [0.1, 0.15) is 0 Å². The summed E-state index contributed by atoms with van der Waals surface area (Å²) in [5.41, 5.74) is 0. The topological polar surface area (TPSA) is 58.9 Å². The van der Waals surface area contributed by atoms with Crippen molar-refractivity contribution in [2.75, 3.05) is 13.2 Å². The fraction of sp³-hybridized carbons (Fsp3) is 0.789. The molecular formula is C19H30O4S. The largest absolute Gasteiger partial charge is 0.396 e. The molecule has 2 N–H and O–H groups in total. The number of thiophene rings is 1. The average molecular weight is 355 g/mol. The second-order valence-electron chi connectivity index (χ2n) is 7.19. The lowest BCUT2D eigenvalue weighted by Crippen LogP contribution is -2.33. The summed E-state index contributed by atoms with van der Waals surface area (Å²) in [4.78, 5) is 2.75. The van der Waals surface area contributed by atoms with Crippen molar-refractivity contribution in [3.63, 3.8) is 0 Å². The molecule has 0 amide bonds. The van der Waals surface area contributed by atoms with Crippen LogP contribution < -0.4 is 0 Å². The molecule has 2 fully saturated rings. The highest BCUT2D eigenvalue weighted by molar-refractivity contribution is 7.11. The summed E-state index contributed by atoms with van der Waals surface area (Å²) < 4.78 is 11.7. The molecule has 4 nitrogen and oxygen atoms in total. The van der Waals surface area contributed by atoms with Gasteiger partial charge in [-0.05, 0) is 63.5 Å². The van der Waals surface area contributed by atoms with E-state index in [1.54, 1.807) is 0 Å². The van der Waals surface area contributed by atoms with E-state index in [4.69, 9.17) is 9.47 Å². The molecule has 0 aromatic carbocycles. The lowest BCUT2D eigenvalue weighted by Gasteiger charge is -2.29. The van der Waals surface area contributed by atoms with Crippen molar-refractivity contribution in [1.29, 1.82) is 0 Å². The van der Waals surface area contributed by atoms with Gasteiger partial charge < -0.3 is 19.7 Å². The van der Waals surface area contributed by atoms with Crippen molar-refractivity contribution in [3.8, 4) is 0 Å². The number of ether oxygens (including phenoxy) is 2. The van der Waals surface area contributed by atoms with Crippen LogP contribution in [0.1, 0.15) is 48.3 Å². The van der Waals surface area contributed by atoms with E-state index in [1.165, 1.54) is 9.75 Å². The number of hydrogen-bond donors (Lipinski definition) is 2. The van der Waals surface area contributed by atoms with Gasteiger partial charge in [-0.15, -0.1) is 11.3 Å². The van der Waals surface area contributed by atoms with E-state index in [0.29, 0.717) is 6.42 Å². The second-order valence-corrected chi connectivity index (χ2v) is 8.56. The van der Waals surface area contributed by atoms with Crippen LogP contribution in [0.5, 0.6) is 0 Å². The van der Waals surface area contributed by atoms with Gasteiger partial charge >= 0.3 is 0 Å². The molecule has 5 atom stereocenters. The summed E-state index contributed by atoms with van der Waals surface area (Å²) in [7, 11) is 0. The van der Waals surface area contributed by atoms with Crippen LogP contribution in [0.4, 0.5) is 0 Å². The standard InChI is InChI=1S/C19H30O4S/c1-13-8-9-14(24-13)5-4-6-15-16(12-20)18(11-17(15)21)23-19-7-2-3-10-22-19/h8-9,15-21H,2-7,10-12H2,1H3/t15-,16-,17+,18-,19?/m1/s1. The maximum atomic E-state index is 10.5.